The van der Waals surface area contributed by atoms with Crippen LogP contribution in [-0.2, 0) is 11.2 Å². The van der Waals surface area contributed by atoms with E-state index in [1.165, 1.54) is 12.1 Å². The Bertz CT molecular complexity index is 1370. The van der Waals surface area contributed by atoms with Crippen LogP contribution in [0.5, 0.6) is 11.5 Å². The number of carbonyl (C=O) groups excluding carboxylic acids is 2. The average Bonchev–Trinajstić information content (AvgIpc) is 2.92. The van der Waals surface area contributed by atoms with E-state index in [4.69, 9.17) is 21.1 Å². The molecule has 7 heteroatoms. The maximum absolute atomic E-state index is 13.8. The van der Waals surface area contributed by atoms with Gasteiger partial charge in [0.25, 0.3) is 0 Å². The summed E-state index contributed by atoms with van der Waals surface area (Å²) in [5.41, 5.74) is 3.30. The van der Waals surface area contributed by atoms with Gasteiger partial charge in [-0.15, -0.1) is 0 Å². The van der Waals surface area contributed by atoms with Gasteiger partial charge in [-0.1, -0.05) is 35.9 Å². The first-order valence-corrected chi connectivity index (χ1v) is 13.9. The molecule has 1 aliphatic heterocycles. The number of hydrogen-bond acceptors (Lipinski definition) is 4. The number of ketones is 1. The van der Waals surface area contributed by atoms with E-state index in [-0.39, 0.29) is 42.2 Å². The van der Waals surface area contributed by atoms with Crippen molar-refractivity contribution in [1.82, 2.24) is 4.90 Å². The molecule has 1 saturated carbocycles. The van der Waals surface area contributed by atoms with E-state index < -0.39 is 5.82 Å². The maximum Gasteiger partial charge on any atom is 0.228 e. The molecule has 204 valence electrons. The Morgan fingerprint density at radius 2 is 1.72 bits per heavy atom. The third-order valence-electron chi connectivity index (χ3n) is 7.75. The maximum atomic E-state index is 13.8. The lowest BCUT2D eigenvalue weighted by Gasteiger charge is -2.45. The van der Waals surface area contributed by atoms with E-state index in [9.17, 15) is 14.0 Å². The predicted octanol–water partition coefficient (Wildman–Crippen LogP) is 7.19. The Hall–Kier alpha value is -3.38. The molecule has 1 unspecified atom stereocenters. The minimum absolute atomic E-state index is 0.0277. The molecule has 0 spiro atoms. The normalized spacial score (nSPS) is 21.0. The fraction of sp³-hybridized carbons (Fsp3) is 0.375. The van der Waals surface area contributed by atoms with Gasteiger partial charge in [0.1, 0.15) is 5.82 Å². The highest BCUT2D eigenvalue weighted by atomic mass is 35.5. The molecule has 5 nitrogen and oxygen atoms in total. The second-order valence-electron chi connectivity index (χ2n) is 10.7. The molecule has 1 fully saturated rings. The minimum Gasteiger partial charge on any atom is -0.493 e. The number of Topliss-reactive ketones (excluding diaryl/α,β-unsaturated/α-hetero) is 1. The van der Waals surface area contributed by atoms with Crippen molar-refractivity contribution in [2.24, 2.45) is 5.92 Å². The van der Waals surface area contributed by atoms with Crippen LogP contribution in [0.15, 0.2) is 60.7 Å². The molecule has 1 atom stereocenters. The average molecular weight is 550 g/mol. The van der Waals surface area contributed by atoms with Crippen molar-refractivity contribution in [3.63, 3.8) is 0 Å². The van der Waals surface area contributed by atoms with Crippen LogP contribution < -0.4 is 9.47 Å². The van der Waals surface area contributed by atoms with Crippen LogP contribution in [-0.4, -0.2) is 35.8 Å². The van der Waals surface area contributed by atoms with Gasteiger partial charge in [-0.05, 0) is 92.6 Å². The summed E-state index contributed by atoms with van der Waals surface area (Å²) >= 11 is 6.22. The van der Waals surface area contributed by atoms with Gasteiger partial charge in [-0.3, -0.25) is 9.59 Å². The number of ether oxygens (including phenoxy) is 2. The molecule has 39 heavy (non-hydrogen) atoms. The number of benzene rings is 3. The van der Waals surface area contributed by atoms with Gasteiger partial charge >= 0.3 is 0 Å². The Balaban J connectivity index is 1.47. The summed E-state index contributed by atoms with van der Waals surface area (Å²) < 4.78 is 25.4. The summed E-state index contributed by atoms with van der Waals surface area (Å²) in [4.78, 5) is 28.8. The van der Waals surface area contributed by atoms with Crippen molar-refractivity contribution in [2.75, 3.05) is 7.11 Å². The zero-order chi connectivity index (χ0) is 27.7. The monoisotopic (exact) mass is 549 g/mol. The van der Waals surface area contributed by atoms with Gasteiger partial charge in [0.2, 0.25) is 5.91 Å². The Kier molecular flexibility index (Phi) is 7.94. The van der Waals surface area contributed by atoms with Gasteiger partial charge < -0.3 is 14.4 Å². The fourth-order valence-corrected chi connectivity index (χ4v) is 6.10. The van der Waals surface area contributed by atoms with Crippen molar-refractivity contribution in [2.45, 2.75) is 64.1 Å². The van der Waals surface area contributed by atoms with Crippen LogP contribution in [0, 0.1) is 11.7 Å². The van der Waals surface area contributed by atoms with Crippen molar-refractivity contribution in [3.05, 3.63) is 93.8 Å². The van der Waals surface area contributed by atoms with Gasteiger partial charge in [0.05, 0.1) is 25.7 Å². The number of fused-ring (bicyclic) bond motifs is 1. The summed E-state index contributed by atoms with van der Waals surface area (Å²) in [6, 6.07) is 17.1. The van der Waals surface area contributed by atoms with Gasteiger partial charge in [-0.25, -0.2) is 4.39 Å². The van der Waals surface area contributed by atoms with Gasteiger partial charge in [0, 0.05) is 22.5 Å². The predicted molar refractivity (Wildman–Crippen MR) is 149 cm³/mol. The molecular weight excluding hydrogens is 517 g/mol. The van der Waals surface area contributed by atoms with Crippen LogP contribution >= 0.6 is 11.6 Å². The molecule has 2 aliphatic rings. The highest BCUT2D eigenvalue weighted by Gasteiger charge is 2.41. The topological polar surface area (TPSA) is 55.8 Å². The zero-order valence-electron chi connectivity index (χ0n) is 22.5. The molecule has 0 saturated heterocycles. The van der Waals surface area contributed by atoms with Crippen molar-refractivity contribution in [1.29, 1.82) is 0 Å². The van der Waals surface area contributed by atoms with E-state index in [2.05, 4.69) is 0 Å². The van der Waals surface area contributed by atoms with Crippen molar-refractivity contribution >= 4 is 23.3 Å². The minimum atomic E-state index is -0.407. The van der Waals surface area contributed by atoms with Crippen LogP contribution in [0.1, 0.15) is 72.6 Å². The lowest BCUT2D eigenvalue weighted by molar-refractivity contribution is -0.136. The van der Waals surface area contributed by atoms with Crippen LogP contribution in [0.2, 0.25) is 5.02 Å². The molecular formula is C32H33ClFNO4. The SMILES string of the molecule is COc1cc2c(cc1OC(C)C)C(c1ccc(Cl)cc1)N(C1CCC(C(=O)c3cccc(F)c3)CC1)C(=O)C2. The van der Waals surface area contributed by atoms with Crippen LogP contribution in [0.4, 0.5) is 4.39 Å². The molecule has 0 aromatic heterocycles. The van der Waals surface area contributed by atoms with Gasteiger partial charge in [0.15, 0.2) is 17.3 Å². The van der Waals surface area contributed by atoms with Crippen molar-refractivity contribution < 1.29 is 23.5 Å². The third kappa shape index (κ3) is 5.67. The van der Waals surface area contributed by atoms with Crippen LogP contribution in [0.3, 0.4) is 0 Å². The number of carbonyl (C=O) groups is 2. The highest BCUT2D eigenvalue weighted by Crippen LogP contribution is 2.45. The molecule has 3 aromatic carbocycles. The lowest BCUT2D eigenvalue weighted by atomic mass is 9.78. The zero-order valence-corrected chi connectivity index (χ0v) is 23.2. The summed E-state index contributed by atoms with van der Waals surface area (Å²) in [5, 5.41) is 0.627. The Morgan fingerprint density at radius 1 is 1.00 bits per heavy atom. The smallest absolute Gasteiger partial charge is 0.228 e. The van der Waals surface area contributed by atoms with E-state index in [1.807, 2.05) is 55.1 Å². The summed E-state index contributed by atoms with van der Waals surface area (Å²) in [6.07, 6.45) is 2.91. The van der Waals surface area contributed by atoms with E-state index in [0.29, 0.717) is 47.8 Å². The quantitative estimate of drug-likeness (QED) is 0.293. The first kappa shape index (κ1) is 27.2. The standard InChI is InChI=1S/C32H33ClFNO4/c1-19(2)39-29-18-27-23(16-28(29)38-3)17-30(36)35(31(27)20-7-11-24(33)12-8-20)26-13-9-21(10-14-26)32(37)22-5-4-6-25(34)15-22/h4-8,11-12,15-16,18-19,21,26,31H,9-10,13-14,17H2,1-3H3. The Labute approximate surface area is 233 Å². The highest BCUT2D eigenvalue weighted by molar-refractivity contribution is 6.30. The number of amides is 1. The summed E-state index contributed by atoms with van der Waals surface area (Å²) in [5.74, 6) is 0.677. The van der Waals surface area contributed by atoms with Crippen LogP contribution in [0.25, 0.3) is 0 Å². The molecule has 3 aromatic rings. The third-order valence-corrected chi connectivity index (χ3v) is 8.00. The first-order chi connectivity index (χ1) is 18.7. The summed E-state index contributed by atoms with van der Waals surface area (Å²) in [7, 11) is 1.60. The lowest BCUT2D eigenvalue weighted by Crippen LogP contribution is -2.48. The second-order valence-corrected chi connectivity index (χ2v) is 11.1. The first-order valence-electron chi connectivity index (χ1n) is 13.5. The fourth-order valence-electron chi connectivity index (χ4n) is 5.97. The largest absolute Gasteiger partial charge is 0.493 e. The molecule has 0 N–H and O–H groups in total. The summed E-state index contributed by atoms with van der Waals surface area (Å²) in [6.45, 7) is 3.93. The number of nitrogens with zero attached hydrogens (tertiary/aromatic N) is 1. The number of hydrogen-bond donors (Lipinski definition) is 0. The number of methoxy groups -OCH3 is 1. The molecule has 0 radical (unpaired) electrons. The second kappa shape index (κ2) is 11.4. The number of halogens is 2. The number of rotatable bonds is 7. The molecule has 5 rings (SSSR count). The molecule has 1 aliphatic carbocycles. The molecule has 1 heterocycles. The van der Waals surface area contributed by atoms with E-state index >= 15 is 0 Å². The van der Waals surface area contributed by atoms with E-state index in [0.717, 1.165) is 16.7 Å². The molecule has 0 bridgehead atoms. The van der Waals surface area contributed by atoms with E-state index in [1.54, 1.807) is 19.2 Å². The van der Waals surface area contributed by atoms with Gasteiger partial charge in [-0.2, -0.15) is 0 Å². The molecule has 1 amide bonds. The van der Waals surface area contributed by atoms with Crippen molar-refractivity contribution in [3.8, 4) is 11.5 Å². The Morgan fingerprint density at radius 3 is 2.36 bits per heavy atom.